The monoisotopic (exact) mass is 225 g/mol. The number of hydrogen-bond donors (Lipinski definition) is 1. The van der Waals surface area contributed by atoms with Crippen molar-refractivity contribution < 1.29 is 14.3 Å². The van der Waals surface area contributed by atoms with Gasteiger partial charge in [0.05, 0.1) is 12.8 Å². The fraction of sp³-hybridized carbons (Fsp3) is 0.583. The minimum Gasteiger partial charge on any atom is -0.480 e. The van der Waals surface area contributed by atoms with Crippen molar-refractivity contribution in [3.05, 3.63) is 24.2 Å². The normalized spacial score (nSPS) is 15.0. The topological polar surface area (TPSA) is 53.7 Å². The van der Waals surface area contributed by atoms with Gasteiger partial charge in [-0.1, -0.05) is 13.3 Å². The minimum atomic E-state index is -0.832. The molecule has 0 aliphatic heterocycles. The maximum atomic E-state index is 11.3. The SMILES string of the molecule is CCCC(C)(C(=O)O)N(C)Cc1ccco1. The zero-order valence-electron chi connectivity index (χ0n) is 10.1. The third-order valence-electron chi connectivity index (χ3n) is 3.01. The molecule has 1 aromatic heterocycles. The zero-order valence-corrected chi connectivity index (χ0v) is 10.1. The van der Waals surface area contributed by atoms with E-state index in [0.29, 0.717) is 13.0 Å². The van der Waals surface area contributed by atoms with Gasteiger partial charge in [0.2, 0.25) is 0 Å². The Morgan fingerprint density at radius 1 is 1.62 bits per heavy atom. The number of hydrogen-bond acceptors (Lipinski definition) is 3. The van der Waals surface area contributed by atoms with Gasteiger partial charge in [0.15, 0.2) is 0 Å². The smallest absolute Gasteiger partial charge is 0.323 e. The first-order valence-electron chi connectivity index (χ1n) is 5.47. The van der Waals surface area contributed by atoms with Crippen LogP contribution in [0.25, 0.3) is 0 Å². The van der Waals surface area contributed by atoms with E-state index in [-0.39, 0.29) is 0 Å². The molecule has 1 rings (SSSR count). The fourth-order valence-corrected chi connectivity index (χ4v) is 1.76. The molecule has 0 bridgehead atoms. The summed E-state index contributed by atoms with van der Waals surface area (Å²) in [5, 5.41) is 9.29. The zero-order chi connectivity index (χ0) is 12.2. The average molecular weight is 225 g/mol. The number of carboxylic acid groups (broad SMARTS) is 1. The van der Waals surface area contributed by atoms with Crippen LogP contribution in [0, 0.1) is 0 Å². The summed E-state index contributed by atoms with van der Waals surface area (Å²) in [5.41, 5.74) is -0.832. The largest absolute Gasteiger partial charge is 0.480 e. The van der Waals surface area contributed by atoms with Crippen LogP contribution in [0.5, 0.6) is 0 Å². The van der Waals surface area contributed by atoms with Crippen molar-refractivity contribution >= 4 is 5.97 Å². The molecule has 16 heavy (non-hydrogen) atoms. The lowest BCUT2D eigenvalue weighted by atomic mass is 9.94. The Morgan fingerprint density at radius 2 is 2.31 bits per heavy atom. The maximum absolute atomic E-state index is 11.3. The predicted octanol–water partition coefficient (Wildman–Crippen LogP) is 2.35. The molecule has 0 spiro atoms. The van der Waals surface area contributed by atoms with Gasteiger partial charge in [-0.05, 0) is 32.5 Å². The second-order valence-electron chi connectivity index (χ2n) is 4.26. The van der Waals surface area contributed by atoms with Gasteiger partial charge in [-0.3, -0.25) is 9.69 Å². The first-order valence-corrected chi connectivity index (χ1v) is 5.47. The van der Waals surface area contributed by atoms with Gasteiger partial charge in [0, 0.05) is 0 Å². The van der Waals surface area contributed by atoms with Crippen molar-refractivity contribution in [2.75, 3.05) is 7.05 Å². The molecular weight excluding hydrogens is 206 g/mol. The second-order valence-corrected chi connectivity index (χ2v) is 4.26. The molecule has 0 radical (unpaired) electrons. The summed E-state index contributed by atoms with van der Waals surface area (Å²) in [7, 11) is 1.81. The minimum absolute atomic E-state index is 0.510. The highest BCUT2D eigenvalue weighted by Crippen LogP contribution is 2.22. The van der Waals surface area contributed by atoms with Crippen LogP contribution in [0.15, 0.2) is 22.8 Å². The fourth-order valence-electron chi connectivity index (χ4n) is 1.76. The Labute approximate surface area is 95.9 Å². The van der Waals surface area contributed by atoms with E-state index >= 15 is 0 Å². The molecule has 0 aliphatic rings. The molecule has 0 aliphatic carbocycles. The summed E-state index contributed by atoms with van der Waals surface area (Å²) in [6.07, 6.45) is 3.06. The molecule has 90 valence electrons. The van der Waals surface area contributed by atoms with Gasteiger partial charge in [0.1, 0.15) is 11.3 Å². The van der Waals surface area contributed by atoms with E-state index in [9.17, 15) is 9.90 Å². The Hall–Kier alpha value is -1.29. The summed E-state index contributed by atoms with van der Waals surface area (Å²) in [4.78, 5) is 13.1. The lowest BCUT2D eigenvalue weighted by Crippen LogP contribution is -2.49. The van der Waals surface area contributed by atoms with E-state index < -0.39 is 11.5 Å². The second kappa shape index (κ2) is 5.16. The molecule has 0 amide bonds. The highest BCUT2D eigenvalue weighted by molar-refractivity contribution is 5.78. The van der Waals surface area contributed by atoms with Crippen LogP contribution in [0.2, 0.25) is 0 Å². The van der Waals surface area contributed by atoms with E-state index in [1.165, 1.54) is 0 Å². The predicted molar refractivity (Wildman–Crippen MR) is 61.1 cm³/mol. The van der Waals surface area contributed by atoms with Crippen LogP contribution in [0.3, 0.4) is 0 Å². The highest BCUT2D eigenvalue weighted by atomic mass is 16.4. The van der Waals surface area contributed by atoms with Gasteiger partial charge in [-0.2, -0.15) is 0 Å². The first kappa shape index (κ1) is 12.8. The van der Waals surface area contributed by atoms with Crippen LogP contribution >= 0.6 is 0 Å². The van der Waals surface area contributed by atoms with Crippen LogP contribution < -0.4 is 0 Å². The maximum Gasteiger partial charge on any atom is 0.323 e. The number of rotatable bonds is 6. The number of furan rings is 1. The molecule has 1 unspecified atom stereocenters. The molecule has 1 aromatic rings. The van der Waals surface area contributed by atoms with Gasteiger partial charge in [-0.25, -0.2) is 0 Å². The Bertz CT molecular complexity index is 334. The Kier molecular flexibility index (Phi) is 4.12. The van der Waals surface area contributed by atoms with Crippen LogP contribution in [-0.4, -0.2) is 28.6 Å². The van der Waals surface area contributed by atoms with Crippen molar-refractivity contribution in [2.45, 2.75) is 38.8 Å². The molecule has 0 aromatic carbocycles. The highest BCUT2D eigenvalue weighted by Gasteiger charge is 2.36. The Morgan fingerprint density at radius 3 is 2.75 bits per heavy atom. The van der Waals surface area contributed by atoms with Crippen molar-refractivity contribution in [2.24, 2.45) is 0 Å². The van der Waals surface area contributed by atoms with E-state index in [2.05, 4.69) is 0 Å². The van der Waals surface area contributed by atoms with E-state index in [0.717, 1.165) is 12.2 Å². The van der Waals surface area contributed by atoms with E-state index in [4.69, 9.17) is 4.42 Å². The lowest BCUT2D eigenvalue weighted by Gasteiger charge is -2.34. The number of nitrogens with zero attached hydrogens (tertiary/aromatic N) is 1. The van der Waals surface area contributed by atoms with Gasteiger partial charge < -0.3 is 9.52 Å². The summed E-state index contributed by atoms with van der Waals surface area (Å²) < 4.78 is 5.22. The molecule has 1 heterocycles. The van der Waals surface area contributed by atoms with Gasteiger partial charge in [-0.15, -0.1) is 0 Å². The Balaban J connectivity index is 2.75. The number of likely N-dealkylation sites (N-methyl/N-ethyl adjacent to an activating group) is 1. The van der Waals surface area contributed by atoms with Crippen LogP contribution in [-0.2, 0) is 11.3 Å². The quantitative estimate of drug-likeness (QED) is 0.807. The summed E-state index contributed by atoms with van der Waals surface area (Å²) in [6, 6.07) is 3.66. The third-order valence-corrected chi connectivity index (χ3v) is 3.01. The molecule has 4 heteroatoms. The third kappa shape index (κ3) is 2.64. The standard InChI is InChI=1S/C12H19NO3/c1-4-7-12(2,11(14)15)13(3)9-10-6-5-8-16-10/h5-6,8H,4,7,9H2,1-3H3,(H,14,15). The molecule has 0 fully saturated rings. The number of carboxylic acids is 1. The molecule has 4 nitrogen and oxygen atoms in total. The number of carbonyl (C=O) groups is 1. The van der Waals surface area contributed by atoms with Crippen molar-refractivity contribution in [3.63, 3.8) is 0 Å². The average Bonchev–Trinajstić information content (AvgIpc) is 2.70. The molecule has 1 N–H and O–H groups in total. The summed E-state index contributed by atoms with van der Waals surface area (Å²) >= 11 is 0. The van der Waals surface area contributed by atoms with Crippen LogP contribution in [0.1, 0.15) is 32.4 Å². The van der Waals surface area contributed by atoms with Crippen LogP contribution in [0.4, 0.5) is 0 Å². The van der Waals surface area contributed by atoms with Gasteiger partial charge in [0.25, 0.3) is 0 Å². The summed E-state index contributed by atoms with van der Waals surface area (Å²) in [5.74, 6) is -0.00511. The first-order chi connectivity index (χ1) is 7.50. The van der Waals surface area contributed by atoms with Crippen molar-refractivity contribution in [1.29, 1.82) is 0 Å². The summed E-state index contributed by atoms with van der Waals surface area (Å²) in [6.45, 7) is 4.25. The molecular formula is C12H19NO3. The molecule has 1 atom stereocenters. The molecule has 0 saturated carbocycles. The molecule has 0 saturated heterocycles. The van der Waals surface area contributed by atoms with Gasteiger partial charge >= 0.3 is 5.97 Å². The lowest BCUT2D eigenvalue weighted by molar-refractivity contribution is -0.150. The van der Waals surface area contributed by atoms with E-state index in [1.807, 2.05) is 24.9 Å². The van der Waals surface area contributed by atoms with E-state index in [1.54, 1.807) is 19.3 Å². The van der Waals surface area contributed by atoms with Crippen molar-refractivity contribution in [1.82, 2.24) is 4.90 Å². The number of aliphatic carboxylic acids is 1. The van der Waals surface area contributed by atoms with Crippen molar-refractivity contribution in [3.8, 4) is 0 Å².